The van der Waals surface area contributed by atoms with Crippen LogP contribution < -0.4 is 5.73 Å². The minimum atomic E-state index is -4.57. The summed E-state index contributed by atoms with van der Waals surface area (Å²) < 4.78 is 43.7. The number of halogens is 3. The maximum absolute atomic E-state index is 12.6. The van der Waals surface area contributed by atoms with Crippen molar-refractivity contribution in [1.29, 1.82) is 0 Å². The lowest BCUT2D eigenvalue weighted by molar-refractivity contribution is -0.142. The van der Waals surface area contributed by atoms with Gasteiger partial charge in [0.25, 0.3) is 0 Å². The monoisotopic (exact) mass is 313 g/mol. The second-order valence-corrected chi connectivity index (χ2v) is 4.52. The van der Waals surface area contributed by atoms with Crippen LogP contribution in [-0.4, -0.2) is 22.4 Å². The van der Waals surface area contributed by atoms with Gasteiger partial charge in [-0.05, 0) is 24.6 Å². The number of hydrogen-bond acceptors (Lipinski definition) is 4. The topological polar surface area (TPSA) is 70.1 Å². The zero-order chi connectivity index (χ0) is 16.3. The normalized spacial score (nSPS) is 11.5. The van der Waals surface area contributed by atoms with E-state index < -0.39 is 17.8 Å². The first-order chi connectivity index (χ1) is 10.3. The summed E-state index contributed by atoms with van der Waals surface area (Å²) in [6, 6.07) is 7.14. The van der Waals surface area contributed by atoms with Crippen LogP contribution in [-0.2, 0) is 22.1 Å². The SMILES string of the molecule is CCOC(=O)Cc1cccc(-n2nc(C(F)(F)F)cc2N)c1. The Bertz CT molecular complexity index is 680. The van der Waals surface area contributed by atoms with Crippen LogP contribution in [0, 0.1) is 0 Å². The van der Waals surface area contributed by atoms with Gasteiger partial charge in [0.05, 0.1) is 18.7 Å². The number of esters is 1. The van der Waals surface area contributed by atoms with E-state index in [-0.39, 0.29) is 18.8 Å². The van der Waals surface area contributed by atoms with E-state index in [1.54, 1.807) is 31.2 Å². The molecular formula is C14H14F3N3O2. The Morgan fingerprint density at radius 2 is 2.09 bits per heavy atom. The van der Waals surface area contributed by atoms with Crippen molar-refractivity contribution in [2.24, 2.45) is 0 Å². The van der Waals surface area contributed by atoms with E-state index in [9.17, 15) is 18.0 Å². The summed E-state index contributed by atoms with van der Waals surface area (Å²) in [6.45, 7) is 1.96. The average molecular weight is 313 g/mol. The Morgan fingerprint density at radius 1 is 1.36 bits per heavy atom. The summed E-state index contributed by atoms with van der Waals surface area (Å²) in [4.78, 5) is 11.4. The maximum Gasteiger partial charge on any atom is 0.435 e. The third-order valence-corrected chi connectivity index (χ3v) is 2.84. The first-order valence-electron chi connectivity index (χ1n) is 6.49. The smallest absolute Gasteiger partial charge is 0.435 e. The lowest BCUT2D eigenvalue weighted by atomic mass is 10.1. The Labute approximate surface area is 124 Å². The minimum absolute atomic E-state index is 0.0228. The standard InChI is InChI=1S/C14H14F3N3O2/c1-2-22-13(21)7-9-4-3-5-10(6-9)20-12(18)8-11(19-20)14(15,16)17/h3-6,8H,2,7,18H2,1H3. The van der Waals surface area contributed by atoms with Crippen molar-refractivity contribution in [3.8, 4) is 5.69 Å². The molecule has 5 nitrogen and oxygen atoms in total. The second-order valence-electron chi connectivity index (χ2n) is 4.52. The summed E-state index contributed by atoms with van der Waals surface area (Å²) in [5, 5.41) is 3.46. The molecule has 0 saturated carbocycles. The van der Waals surface area contributed by atoms with Gasteiger partial charge in [0.1, 0.15) is 5.82 Å². The molecule has 0 amide bonds. The number of nitrogens with two attached hydrogens (primary N) is 1. The Kier molecular flexibility index (Phi) is 4.39. The summed E-state index contributed by atoms with van der Waals surface area (Å²) in [7, 11) is 0. The third kappa shape index (κ3) is 3.57. The quantitative estimate of drug-likeness (QED) is 0.881. The molecule has 2 N–H and O–H groups in total. The number of ether oxygens (including phenoxy) is 1. The van der Waals surface area contributed by atoms with Gasteiger partial charge in [-0.1, -0.05) is 12.1 Å². The molecule has 1 aromatic carbocycles. The zero-order valence-corrected chi connectivity index (χ0v) is 11.7. The summed E-state index contributed by atoms with van der Waals surface area (Å²) >= 11 is 0. The highest BCUT2D eigenvalue weighted by Gasteiger charge is 2.34. The van der Waals surface area contributed by atoms with E-state index in [0.717, 1.165) is 10.7 Å². The third-order valence-electron chi connectivity index (χ3n) is 2.84. The number of carbonyl (C=O) groups is 1. The molecule has 8 heteroatoms. The zero-order valence-electron chi connectivity index (χ0n) is 11.7. The van der Waals surface area contributed by atoms with Gasteiger partial charge < -0.3 is 10.5 Å². The minimum Gasteiger partial charge on any atom is -0.466 e. The predicted molar refractivity (Wildman–Crippen MR) is 73.3 cm³/mol. The molecule has 0 fully saturated rings. The largest absolute Gasteiger partial charge is 0.466 e. The van der Waals surface area contributed by atoms with E-state index in [4.69, 9.17) is 10.5 Å². The van der Waals surface area contributed by atoms with Crippen molar-refractivity contribution in [2.45, 2.75) is 19.5 Å². The number of nitrogen functional groups attached to an aromatic ring is 1. The molecule has 0 aliphatic carbocycles. The van der Waals surface area contributed by atoms with Crippen molar-refractivity contribution >= 4 is 11.8 Å². The number of alkyl halides is 3. The molecule has 0 aliphatic heterocycles. The van der Waals surface area contributed by atoms with Gasteiger partial charge in [0.15, 0.2) is 5.69 Å². The van der Waals surface area contributed by atoms with Crippen LogP contribution in [0.3, 0.4) is 0 Å². The van der Waals surface area contributed by atoms with Gasteiger partial charge in [-0.25, -0.2) is 4.68 Å². The molecule has 1 heterocycles. The molecule has 118 valence electrons. The molecule has 2 aromatic rings. The van der Waals surface area contributed by atoms with Gasteiger partial charge in [0.2, 0.25) is 0 Å². The van der Waals surface area contributed by atoms with Crippen LogP contribution in [0.5, 0.6) is 0 Å². The van der Waals surface area contributed by atoms with Crippen molar-refractivity contribution in [3.05, 3.63) is 41.6 Å². The fraction of sp³-hybridized carbons (Fsp3) is 0.286. The molecule has 22 heavy (non-hydrogen) atoms. The molecule has 0 aliphatic rings. The first-order valence-corrected chi connectivity index (χ1v) is 6.49. The summed E-state index contributed by atoms with van der Waals surface area (Å²) in [5.74, 6) is -0.551. The Balaban J connectivity index is 2.30. The van der Waals surface area contributed by atoms with E-state index in [1.165, 1.54) is 0 Å². The second kappa shape index (κ2) is 6.08. The van der Waals surface area contributed by atoms with Crippen molar-refractivity contribution < 1.29 is 22.7 Å². The lowest BCUT2D eigenvalue weighted by Gasteiger charge is -2.07. The van der Waals surface area contributed by atoms with E-state index >= 15 is 0 Å². The van der Waals surface area contributed by atoms with Crippen LogP contribution in [0.2, 0.25) is 0 Å². The number of benzene rings is 1. The number of rotatable bonds is 4. The highest BCUT2D eigenvalue weighted by atomic mass is 19.4. The van der Waals surface area contributed by atoms with Gasteiger partial charge in [-0.3, -0.25) is 4.79 Å². The summed E-state index contributed by atoms with van der Waals surface area (Å²) in [6.07, 6.45) is -4.54. The van der Waals surface area contributed by atoms with Gasteiger partial charge in [-0.15, -0.1) is 0 Å². The van der Waals surface area contributed by atoms with Crippen molar-refractivity contribution in [1.82, 2.24) is 9.78 Å². The highest BCUT2D eigenvalue weighted by molar-refractivity contribution is 5.72. The molecule has 0 atom stereocenters. The Hall–Kier alpha value is -2.51. The molecule has 0 spiro atoms. The maximum atomic E-state index is 12.6. The molecular weight excluding hydrogens is 299 g/mol. The van der Waals surface area contributed by atoms with E-state index in [1.807, 2.05) is 0 Å². The molecule has 0 unspecified atom stereocenters. The lowest BCUT2D eigenvalue weighted by Crippen LogP contribution is -2.09. The van der Waals surface area contributed by atoms with E-state index in [0.29, 0.717) is 11.3 Å². The van der Waals surface area contributed by atoms with E-state index in [2.05, 4.69) is 5.10 Å². The number of anilines is 1. The fourth-order valence-electron chi connectivity index (χ4n) is 1.92. The summed E-state index contributed by atoms with van der Waals surface area (Å²) in [5.41, 5.74) is 5.45. The van der Waals surface area contributed by atoms with Crippen LogP contribution >= 0.6 is 0 Å². The van der Waals surface area contributed by atoms with Gasteiger partial charge in [0, 0.05) is 6.07 Å². The number of carbonyl (C=O) groups excluding carboxylic acids is 1. The predicted octanol–water partition coefficient (Wildman–Crippen LogP) is 2.58. The fourth-order valence-corrected chi connectivity index (χ4v) is 1.92. The van der Waals surface area contributed by atoms with Gasteiger partial charge in [-0.2, -0.15) is 18.3 Å². The number of aromatic nitrogens is 2. The first kappa shape index (κ1) is 15.9. The molecule has 0 bridgehead atoms. The van der Waals surface area contributed by atoms with Crippen LogP contribution in [0.25, 0.3) is 5.69 Å². The Morgan fingerprint density at radius 3 is 2.68 bits per heavy atom. The molecule has 0 radical (unpaired) electrons. The number of nitrogens with zero attached hydrogens (tertiary/aromatic N) is 2. The molecule has 2 rings (SSSR count). The van der Waals surface area contributed by atoms with Crippen molar-refractivity contribution in [3.63, 3.8) is 0 Å². The van der Waals surface area contributed by atoms with Crippen LogP contribution in [0.1, 0.15) is 18.2 Å². The van der Waals surface area contributed by atoms with Gasteiger partial charge >= 0.3 is 12.1 Å². The number of hydrogen-bond donors (Lipinski definition) is 1. The van der Waals surface area contributed by atoms with Crippen LogP contribution in [0.4, 0.5) is 19.0 Å². The molecule has 0 saturated heterocycles. The van der Waals surface area contributed by atoms with Crippen LogP contribution in [0.15, 0.2) is 30.3 Å². The molecule has 1 aromatic heterocycles. The highest BCUT2D eigenvalue weighted by Crippen LogP contribution is 2.30. The average Bonchev–Trinajstić information content (AvgIpc) is 2.81. The van der Waals surface area contributed by atoms with Crippen molar-refractivity contribution in [2.75, 3.05) is 12.3 Å².